The van der Waals surface area contributed by atoms with E-state index in [0.29, 0.717) is 27.8 Å². The smallest absolute Gasteiger partial charge is 0.274 e. The van der Waals surface area contributed by atoms with E-state index in [0.717, 1.165) is 6.07 Å². The molecule has 3 aromatic carbocycles. The number of benzene rings is 3. The predicted octanol–water partition coefficient (Wildman–Crippen LogP) is 4.09. The molecule has 27 heavy (non-hydrogen) atoms. The second kappa shape index (κ2) is 6.62. The molecule has 1 aromatic heterocycles. The molecule has 0 saturated carbocycles. The van der Waals surface area contributed by atoms with Crippen molar-refractivity contribution in [3.63, 3.8) is 0 Å². The summed E-state index contributed by atoms with van der Waals surface area (Å²) in [7, 11) is 0. The van der Waals surface area contributed by atoms with E-state index in [9.17, 15) is 13.6 Å². The number of carbonyl (C=O) groups is 1. The van der Waals surface area contributed by atoms with Gasteiger partial charge in [-0.05, 0) is 53.6 Å². The molecule has 134 valence electrons. The Bertz CT molecular complexity index is 1150. The summed E-state index contributed by atoms with van der Waals surface area (Å²) in [4.78, 5) is 16.0. The van der Waals surface area contributed by atoms with Gasteiger partial charge < -0.3 is 0 Å². The highest BCUT2D eigenvalue weighted by molar-refractivity contribution is 5.97. The number of fused-ring (bicyclic) bond motifs is 1. The van der Waals surface area contributed by atoms with Crippen LogP contribution in [0.2, 0.25) is 0 Å². The zero-order valence-corrected chi connectivity index (χ0v) is 13.9. The average molecular weight is 365 g/mol. The molecule has 0 saturated heterocycles. The molecule has 4 rings (SSSR count). The van der Waals surface area contributed by atoms with Crippen molar-refractivity contribution in [1.29, 1.82) is 0 Å². The van der Waals surface area contributed by atoms with Crippen molar-refractivity contribution in [2.45, 2.75) is 0 Å². The highest BCUT2D eigenvalue weighted by atomic mass is 19.1. The van der Waals surface area contributed by atoms with Crippen LogP contribution in [0.5, 0.6) is 0 Å². The van der Waals surface area contributed by atoms with Crippen LogP contribution in [0.15, 0.2) is 67.0 Å². The highest BCUT2D eigenvalue weighted by Crippen LogP contribution is 2.26. The number of aromatic nitrogens is 2. The zero-order chi connectivity index (χ0) is 19.0. The van der Waals surface area contributed by atoms with Crippen molar-refractivity contribution < 1.29 is 18.8 Å². The molecule has 7 heteroatoms. The van der Waals surface area contributed by atoms with Gasteiger partial charge in [0.25, 0.3) is 5.91 Å². The Hall–Kier alpha value is -3.58. The third-order valence-electron chi connectivity index (χ3n) is 4.23. The van der Waals surface area contributed by atoms with Crippen LogP contribution in [-0.4, -0.2) is 20.7 Å². The summed E-state index contributed by atoms with van der Waals surface area (Å²) in [6.45, 7) is 0. The molecular weight excluding hydrogens is 352 g/mol. The SMILES string of the molecule is O=C(NO)c1ccc2ncn(-c3cccc(-c4cc(F)cc(F)c4)c3)c2c1. The molecule has 0 atom stereocenters. The first-order valence-electron chi connectivity index (χ1n) is 8.03. The lowest BCUT2D eigenvalue weighted by molar-refractivity contribution is 0.0706. The Kier molecular flexibility index (Phi) is 4.13. The maximum absolute atomic E-state index is 13.5. The first kappa shape index (κ1) is 16.9. The minimum Gasteiger partial charge on any atom is -0.299 e. The molecule has 0 radical (unpaired) electrons. The Morgan fingerprint density at radius 2 is 1.74 bits per heavy atom. The molecule has 0 unspecified atom stereocenters. The average Bonchev–Trinajstić information content (AvgIpc) is 3.10. The summed E-state index contributed by atoms with van der Waals surface area (Å²) in [5.41, 5.74) is 4.94. The minimum absolute atomic E-state index is 0.273. The van der Waals surface area contributed by atoms with Crippen LogP contribution < -0.4 is 5.48 Å². The monoisotopic (exact) mass is 365 g/mol. The third kappa shape index (κ3) is 3.16. The molecule has 2 N–H and O–H groups in total. The number of hydrogen-bond acceptors (Lipinski definition) is 3. The Balaban J connectivity index is 1.83. The first-order chi connectivity index (χ1) is 13.0. The highest BCUT2D eigenvalue weighted by Gasteiger charge is 2.11. The molecule has 1 amide bonds. The maximum Gasteiger partial charge on any atom is 0.274 e. The van der Waals surface area contributed by atoms with Crippen molar-refractivity contribution >= 4 is 16.9 Å². The van der Waals surface area contributed by atoms with Crippen molar-refractivity contribution in [2.75, 3.05) is 0 Å². The van der Waals surface area contributed by atoms with Gasteiger partial charge in [0.2, 0.25) is 0 Å². The van der Waals surface area contributed by atoms with Gasteiger partial charge in [-0.15, -0.1) is 0 Å². The second-order valence-electron chi connectivity index (χ2n) is 5.97. The van der Waals surface area contributed by atoms with Crippen molar-refractivity contribution in [1.82, 2.24) is 15.0 Å². The summed E-state index contributed by atoms with van der Waals surface area (Å²) in [5, 5.41) is 8.82. The van der Waals surface area contributed by atoms with Crippen LogP contribution >= 0.6 is 0 Å². The minimum atomic E-state index is -0.650. The molecule has 0 spiro atoms. The van der Waals surface area contributed by atoms with E-state index < -0.39 is 17.5 Å². The molecule has 0 bridgehead atoms. The van der Waals surface area contributed by atoms with Gasteiger partial charge >= 0.3 is 0 Å². The fourth-order valence-corrected chi connectivity index (χ4v) is 2.98. The number of imidazole rings is 1. The van der Waals surface area contributed by atoms with Crippen LogP contribution in [0.3, 0.4) is 0 Å². The van der Waals surface area contributed by atoms with Gasteiger partial charge in [-0.2, -0.15) is 0 Å². The van der Waals surface area contributed by atoms with E-state index in [2.05, 4.69) is 4.98 Å². The third-order valence-corrected chi connectivity index (χ3v) is 4.23. The molecule has 0 fully saturated rings. The lowest BCUT2D eigenvalue weighted by atomic mass is 10.0. The summed E-state index contributed by atoms with van der Waals surface area (Å²) >= 11 is 0. The van der Waals surface area contributed by atoms with Gasteiger partial charge in [-0.1, -0.05) is 12.1 Å². The zero-order valence-electron chi connectivity index (χ0n) is 13.9. The second-order valence-corrected chi connectivity index (χ2v) is 5.97. The van der Waals surface area contributed by atoms with Crippen LogP contribution in [0, 0.1) is 11.6 Å². The summed E-state index contributed by atoms with van der Waals surface area (Å²) in [6.07, 6.45) is 1.59. The number of amides is 1. The van der Waals surface area contributed by atoms with Crippen LogP contribution in [0.25, 0.3) is 27.8 Å². The summed E-state index contributed by atoms with van der Waals surface area (Å²) in [5.74, 6) is -1.93. The van der Waals surface area contributed by atoms with Crippen LogP contribution in [0.4, 0.5) is 8.78 Å². The van der Waals surface area contributed by atoms with E-state index in [-0.39, 0.29) is 5.56 Å². The number of nitrogens with one attached hydrogen (secondary N) is 1. The first-order valence-corrected chi connectivity index (χ1v) is 8.03. The normalized spacial score (nSPS) is 10.9. The van der Waals surface area contributed by atoms with Crippen LogP contribution in [0.1, 0.15) is 10.4 Å². The van der Waals surface area contributed by atoms with Gasteiger partial charge in [-0.3, -0.25) is 14.6 Å². The van der Waals surface area contributed by atoms with Crippen molar-refractivity contribution in [2.24, 2.45) is 0 Å². The Morgan fingerprint density at radius 3 is 2.48 bits per heavy atom. The number of hydroxylamine groups is 1. The molecule has 1 heterocycles. The van der Waals surface area contributed by atoms with Gasteiger partial charge in [0.15, 0.2) is 0 Å². The predicted molar refractivity (Wildman–Crippen MR) is 95.7 cm³/mol. The molecule has 0 aliphatic heterocycles. The van der Waals surface area contributed by atoms with Crippen LogP contribution in [-0.2, 0) is 0 Å². The molecule has 0 aliphatic rings. The Morgan fingerprint density at radius 1 is 0.963 bits per heavy atom. The molecule has 4 aromatic rings. The number of carbonyl (C=O) groups excluding carboxylic acids is 1. The quantitative estimate of drug-likeness (QED) is 0.424. The van der Waals surface area contributed by atoms with E-state index in [4.69, 9.17) is 5.21 Å². The lowest BCUT2D eigenvalue weighted by Gasteiger charge is -2.09. The number of halogens is 2. The molecule has 0 aliphatic carbocycles. The van der Waals surface area contributed by atoms with E-state index in [1.165, 1.54) is 12.1 Å². The summed E-state index contributed by atoms with van der Waals surface area (Å²) in [6, 6.07) is 15.3. The topological polar surface area (TPSA) is 67.2 Å². The van der Waals surface area contributed by atoms with E-state index in [1.54, 1.807) is 52.8 Å². The van der Waals surface area contributed by atoms with Crippen molar-refractivity contribution in [3.05, 3.63) is 84.2 Å². The van der Waals surface area contributed by atoms with Gasteiger partial charge in [0, 0.05) is 17.3 Å². The number of hydrogen-bond donors (Lipinski definition) is 2. The van der Waals surface area contributed by atoms with E-state index in [1.807, 2.05) is 6.07 Å². The molecule has 5 nitrogen and oxygen atoms in total. The fourth-order valence-electron chi connectivity index (χ4n) is 2.98. The summed E-state index contributed by atoms with van der Waals surface area (Å²) < 4.78 is 28.8. The number of nitrogens with zero attached hydrogens (tertiary/aromatic N) is 2. The van der Waals surface area contributed by atoms with Gasteiger partial charge in [-0.25, -0.2) is 19.2 Å². The van der Waals surface area contributed by atoms with Crippen molar-refractivity contribution in [3.8, 4) is 16.8 Å². The standard InChI is InChI=1S/C20H13F2N3O2/c21-15-6-14(7-16(22)10-15)12-2-1-3-17(8-12)25-11-23-18-5-4-13(9-19(18)25)20(26)24-27/h1-11,27H,(H,24,26). The van der Waals surface area contributed by atoms with Gasteiger partial charge in [0.05, 0.1) is 11.0 Å². The fraction of sp³-hybridized carbons (Fsp3) is 0. The molecular formula is C20H13F2N3O2. The lowest BCUT2D eigenvalue weighted by Crippen LogP contribution is -2.18. The maximum atomic E-state index is 13.5. The number of rotatable bonds is 3. The van der Waals surface area contributed by atoms with Gasteiger partial charge in [0.1, 0.15) is 18.0 Å². The Labute approximate surface area is 152 Å². The largest absolute Gasteiger partial charge is 0.299 e. The van der Waals surface area contributed by atoms with E-state index >= 15 is 0 Å².